The van der Waals surface area contributed by atoms with Crippen LogP contribution in [0, 0.1) is 13.8 Å². The highest BCUT2D eigenvalue weighted by atomic mass is 16.5. The van der Waals surface area contributed by atoms with Gasteiger partial charge in [0.15, 0.2) is 0 Å². The lowest BCUT2D eigenvalue weighted by Crippen LogP contribution is -2.25. The molecule has 0 saturated heterocycles. The van der Waals surface area contributed by atoms with Gasteiger partial charge in [-0.05, 0) is 47.2 Å². The van der Waals surface area contributed by atoms with Crippen molar-refractivity contribution in [3.8, 4) is 0 Å². The van der Waals surface area contributed by atoms with Crippen molar-refractivity contribution in [3.63, 3.8) is 0 Å². The summed E-state index contributed by atoms with van der Waals surface area (Å²) < 4.78 is 11.4. The highest BCUT2D eigenvalue weighted by Crippen LogP contribution is 2.17. The first-order valence-electron chi connectivity index (χ1n) is 7.29. The number of benzene rings is 1. The van der Waals surface area contributed by atoms with Gasteiger partial charge in [-0.3, -0.25) is 0 Å². The van der Waals surface area contributed by atoms with Crippen LogP contribution in [-0.4, -0.2) is 32.5 Å². The van der Waals surface area contributed by atoms with Crippen LogP contribution < -0.4 is 5.32 Å². The molecule has 3 nitrogen and oxygen atoms in total. The average Bonchev–Trinajstić information content (AvgIpc) is 2.31. The summed E-state index contributed by atoms with van der Waals surface area (Å²) in [6, 6.07) is 6.84. The van der Waals surface area contributed by atoms with Crippen molar-refractivity contribution in [1.82, 2.24) is 5.32 Å². The van der Waals surface area contributed by atoms with Crippen molar-refractivity contribution in [2.75, 3.05) is 26.9 Å². The predicted octanol–water partition coefficient (Wildman–Crippen LogP) is 3.40. The molecular weight excluding hydrogens is 250 g/mol. The monoisotopic (exact) mass is 279 g/mol. The van der Waals surface area contributed by atoms with Gasteiger partial charge in [0.1, 0.15) is 0 Å². The second-order valence-electron chi connectivity index (χ2n) is 6.30. The Labute approximate surface area is 123 Å². The van der Waals surface area contributed by atoms with E-state index in [0.29, 0.717) is 19.8 Å². The molecule has 0 aliphatic rings. The Morgan fingerprint density at radius 3 is 2.15 bits per heavy atom. The summed E-state index contributed by atoms with van der Waals surface area (Å²) in [5.74, 6) is 0. The number of aryl methyl sites for hydroxylation is 2. The first kappa shape index (κ1) is 17.2. The van der Waals surface area contributed by atoms with Crippen molar-refractivity contribution < 1.29 is 9.47 Å². The minimum atomic E-state index is -0.0978. The molecule has 3 heteroatoms. The molecule has 0 bridgehead atoms. The summed E-state index contributed by atoms with van der Waals surface area (Å²) in [5, 5.41) is 3.31. The van der Waals surface area contributed by atoms with Crippen LogP contribution in [0.4, 0.5) is 0 Å². The van der Waals surface area contributed by atoms with Gasteiger partial charge >= 0.3 is 0 Å². The zero-order valence-corrected chi connectivity index (χ0v) is 13.7. The lowest BCUT2D eigenvalue weighted by Gasteiger charge is -2.21. The Kier molecular flexibility index (Phi) is 6.66. The van der Waals surface area contributed by atoms with Crippen LogP contribution in [0.2, 0.25) is 0 Å². The Hall–Kier alpha value is -0.900. The molecule has 0 aliphatic heterocycles. The molecule has 0 heterocycles. The number of likely N-dealkylation sites (N-methyl/N-ethyl adjacent to an activating group) is 1. The smallest absolute Gasteiger partial charge is 0.0707 e. The molecule has 0 spiro atoms. The second kappa shape index (κ2) is 7.77. The standard InChI is InChI=1S/C17H29NO2/c1-13-9-14(2)11-15(10-13)16(18-6)12-19-7-8-20-17(3,4)5/h9-11,16,18H,7-8,12H2,1-6H3. The molecule has 0 saturated carbocycles. The van der Waals surface area contributed by atoms with Gasteiger partial charge in [0.25, 0.3) is 0 Å². The van der Waals surface area contributed by atoms with Crippen LogP contribution in [0.5, 0.6) is 0 Å². The largest absolute Gasteiger partial charge is 0.377 e. The van der Waals surface area contributed by atoms with Gasteiger partial charge < -0.3 is 14.8 Å². The molecule has 20 heavy (non-hydrogen) atoms. The topological polar surface area (TPSA) is 30.5 Å². The highest BCUT2D eigenvalue weighted by molar-refractivity contribution is 5.30. The quantitative estimate of drug-likeness (QED) is 0.776. The van der Waals surface area contributed by atoms with Crippen LogP contribution in [0.15, 0.2) is 18.2 Å². The van der Waals surface area contributed by atoms with Crippen LogP contribution in [0.1, 0.15) is 43.5 Å². The molecular formula is C17H29NO2. The third kappa shape index (κ3) is 6.51. The second-order valence-corrected chi connectivity index (χ2v) is 6.30. The summed E-state index contributed by atoms with van der Waals surface area (Å²) in [4.78, 5) is 0. The molecule has 1 N–H and O–H groups in total. The lowest BCUT2D eigenvalue weighted by molar-refractivity contribution is -0.0372. The molecule has 1 aromatic carbocycles. The number of nitrogens with one attached hydrogen (secondary N) is 1. The van der Waals surface area contributed by atoms with Gasteiger partial charge in [0.2, 0.25) is 0 Å². The van der Waals surface area contributed by atoms with Crippen LogP contribution in [0.3, 0.4) is 0 Å². The molecule has 0 fully saturated rings. The van der Waals surface area contributed by atoms with Crippen LogP contribution in [-0.2, 0) is 9.47 Å². The SMILES string of the molecule is CNC(COCCOC(C)(C)C)c1cc(C)cc(C)c1. The van der Waals surface area contributed by atoms with Gasteiger partial charge in [-0.15, -0.1) is 0 Å². The number of ether oxygens (including phenoxy) is 2. The third-order valence-corrected chi connectivity index (χ3v) is 3.04. The summed E-state index contributed by atoms with van der Waals surface area (Å²) >= 11 is 0. The molecule has 1 rings (SSSR count). The maximum absolute atomic E-state index is 5.73. The first-order chi connectivity index (χ1) is 9.31. The summed E-state index contributed by atoms with van der Waals surface area (Å²) in [6.07, 6.45) is 0. The van der Waals surface area contributed by atoms with Crippen molar-refractivity contribution in [3.05, 3.63) is 34.9 Å². The fourth-order valence-corrected chi connectivity index (χ4v) is 2.17. The molecule has 1 aromatic rings. The van der Waals surface area contributed by atoms with E-state index < -0.39 is 0 Å². The molecule has 1 unspecified atom stereocenters. The first-order valence-corrected chi connectivity index (χ1v) is 7.29. The van der Waals surface area contributed by atoms with E-state index >= 15 is 0 Å². The van der Waals surface area contributed by atoms with E-state index in [-0.39, 0.29) is 11.6 Å². The average molecular weight is 279 g/mol. The van der Waals surface area contributed by atoms with Crippen LogP contribution in [0.25, 0.3) is 0 Å². The zero-order valence-electron chi connectivity index (χ0n) is 13.7. The van der Waals surface area contributed by atoms with E-state index in [9.17, 15) is 0 Å². The van der Waals surface area contributed by atoms with Gasteiger partial charge in [0.05, 0.1) is 31.5 Å². The fourth-order valence-electron chi connectivity index (χ4n) is 2.17. The van der Waals surface area contributed by atoms with Crippen molar-refractivity contribution >= 4 is 0 Å². The molecule has 1 atom stereocenters. The van der Waals surface area contributed by atoms with E-state index in [2.05, 4.69) is 58.1 Å². The summed E-state index contributed by atoms with van der Waals surface area (Å²) in [5.41, 5.74) is 3.76. The highest BCUT2D eigenvalue weighted by Gasteiger charge is 2.12. The Morgan fingerprint density at radius 2 is 1.65 bits per heavy atom. The molecule has 0 aliphatic carbocycles. The van der Waals surface area contributed by atoms with E-state index in [1.54, 1.807) is 0 Å². The van der Waals surface area contributed by atoms with Gasteiger partial charge in [-0.25, -0.2) is 0 Å². The fraction of sp³-hybridized carbons (Fsp3) is 0.647. The van der Waals surface area contributed by atoms with Gasteiger partial charge in [0, 0.05) is 0 Å². The zero-order chi connectivity index (χ0) is 15.2. The number of rotatable bonds is 7. The predicted molar refractivity (Wildman–Crippen MR) is 84.2 cm³/mol. The van der Waals surface area contributed by atoms with Crippen LogP contribution >= 0.6 is 0 Å². The molecule has 0 radical (unpaired) electrons. The summed E-state index contributed by atoms with van der Waals surface area (Å²) in [7, 11) is 1.97. The lowest BCUT2D eigenvalue weighted by atomic mass is 10.0. The maximum Gasteiger partial charge on any atom is 0.0707 e. The van der Waals surface area contributed by atoms with Crippen molar-refractivity contribution in [2.45, 2.75) is 46.3 Å². The Morgan fingerprint density at radius 1 is 1.05 bits per heavy atom. The number of hydrogen-bond acceptors (Lipinski definition) is 3. The van der Waals surface area contributed by atoms with Crippen molar-refractivity contribution in [2.24, 2.45) is 0 Å². The maximum atomic E-state index is 5.73. The Balaban J connectivity index is 2.43. The van der Waals surface area contributed by atoms with Gasteiger partial charge in [-0.2, -0.15) is 0 Å². The number of hydrogen-bond donors (Lipinski definition) is 1. The Bertz CT molecular complexity index is 390. The molecule has 0 amide bonds. The minimum Gasteiger partial charge on any atom is -0.377 e. The van der Waals surface area contributed by atoms with E-state index in [0.717, 1.165) is 0 Å². The van der Waals surface area contributed by atoms with E-state index in [1.807, 2.05) is 7.05 Å². The molecule has 0 aromatic heterocycles. The summed E-state index contributed by atoms with van der Waals surface area (Å²) in [6.45, 7) is 12.3. The van der Waals surface area contributed by atoms with Gasteiger partial charge in [-0.1, -0.05) is 29.3 Å². The minimum absolute atomic E-state index is 0.0978. The molecule has 114 valence electrons. The van der Waals surface area contributed by atoms with E-state index in [1.165, 1.54) is 16.7 Å². The third-order valence-electron chi connectivity index (χ3n) is 3.04. The van der Waals surface area contributed by atoms with Crippen molar-refractivity contribution in [1.29, 1.82) is 0 Å². The normalized spacial score (nSPS) is 13.5. The van der Waals surface area contributed by atoms with E-state index in [4.69, 9.17) is 9.47 Å².